The maximum atomic E-state index is 12.9. The lowest BCUT2D eigenvalue weighted by Gasteiger charge is -2.20. The molecule has 0 aliphatic rings. The number of hydrogen-bond donors (Lipinski definition) is 1. The van der Waals surface area contributed by atoms with E-state index < -0.39 is 10.0 Å². The molecule has 0 unspecified atom stereocenters. The van der Waals surface area contributed by atoms with Gasteiger partial charge in [-0.25, -0.2) is 8.42 Å². The van der Waals surface area contributed by atoms with Gasteiger partial charge in [0.1, 0.15) is 0 Å². The highest BCUT2D eigenvalue weighted by molar-refractivity contribution is 7.89. The molecule has 7 heteroatoms. The van der Waals surface area contributed by atoms with Crippen molar-refractivity contribution in [3.8, 4) is 0 Å². The molecule has 2 aromatic rings. The van der Waals surface area contributed by atoms with Gasteiger partial charge in [-0.3, -0.25) is 4.79 Å². The van der Waals surface area contributed by atoms with Crippen LogP contribution in [0.15, 0.2) is 59.5 Å². The van der Waals surface area contributed by atoms with Crippen LogP contribution < -0.4 is 5.32 Å². The minimum atomic E-state index is -3.63. The molecule has 0 atom stereocenters. The number of rotatable bonds is 9. The normalized spacial score (nSPS) is 11.5. The molecule has 0 aliphatic carbocycles. The van der Waals surface area contributed by atoms with Crippen LogP contribution in [0.1, 0.15) is 22.8 Å². The third kappa shape index (κ3) is 5.14. The molecular formula is C19H24N2O4S. The Morgan fingerprint density at radius 2 is 1.73 bits per heavy atom. The predicted octanol–water partition coefficient (Wildman–Crippen LogP) is 2.27. The first kappa shape index (κ1) is 20.1. The summed E-state index contributed by atoms with van der Waals surface area (Å²) in [6, 6.07) is 15.4. The zero-order chi connectivity index (χ0) is 19.0. The fraction of sp³-hybridized carbons (Fsp3) is 0.316. The van der Waals surface area contributed by atoms with Crippen molar-refractivity contribution in [3.05, 3.63) is 65.7 Å². The first-order chi connectivity index (χ1) is 12.5. The molecule has 1 amide bonds. The van der Waals surface area contributed by atoms with Gasteiger partial charge in [-0.2, -0.15) is 4.31 Å². The van der Waals surface area contributed by atoms with Gasteiger partial charge in [0, 0.05) is 32.3 Å². The van der Waals surface area contributed by atoms with E-state index in [1.165, 1.54) is 28.6 Å². The molecule has 140 valence electrons. The van der Waals surface area contributed by atoms with Crippen molar-refractivity contribution in [2.24, 2.45) is 0 Å². The first-order valence-corrected chi connectivity index (χ1v) is 9.84. The molecule has 0 saturated heterocycles. The summed E-state index contributed by atoms with van der Waals surface area (Å²) in [5, 5.41) is 2.70. The Bertz CT molecular complexity index is 805. The van der Waals surface area contributed by atoms with Crippen molar-refractivity contribution in [2.45, 2.75) is 18.4 Å². The number of nitrogens with one attached hydrogen (secondary N) is 1. The minimum absolute atomic E-state index is 0.170. The Hall–Kier alpha value is -2.22. The molecule has 2 rings (SSSR count). The Kier molecular flexibility index (Phi) is 7.32. The predicted molar refractivity (Wildman–Crippen MR) is 100 cm³/mol. The van der Waals surface area contributed by atoms with E-state index in [0.29, 0.717) is 31.8 Å². The monoisotopic (exact) mass is 376 g/mol. The molecule has 2 aromatic carbocycles. The zero-order valence-electron chi connectivity index (χ0n) is 15.0. The van der Waals surface area contributed by atoms with Crippen LogP contribution in [0.3, 0.4) is 0 Å². The highest BCUT2D eigenvalue weighted by Crippen LogP contribution is 2.19. The van der Waals surface area contributed by atoms with Crippen LogP contribution in [0.5, 0.6) is 0 Å². The number of sulfonamides is 1. The maximum absolute atomic E-state index is 12.9. The van der Waals surface area contributed by atoms with Gasteiger partial charge in [0.05, 0.1) is 11.5 Å². The topological polar surface area (TPSA) is 75.7 Å². The lowest BCUT2D eigenvalue weighted by Crippen LogP contribution is -2.30. The van der Waals surface area contributed by atoms with Crippen LogP contribution in [-0.2, 0) is 21.3 Å². The summed E-state index contributed by atoms with van der Waals surface area (Å²) in [6.45, 7) is 3.28. The van der Waals surface area contributed by atoms with Crippen LogP contribution in [0, 0.1) is 0 Å². The fourth-order valence-corrected chi connectivity index (χ4v) is 3.89. The zero-order valence-corrected chi connectivity index (χ0v) is 15.8. The molecule has 0 aromatic heterocycles. The highest BCUT2D eigenvalue weighted by Gasteiger charge is 2.23. The van der Waals surface area contributed by atoms with E-state index in [2.05, 4.69) is 5.32 Å². The Labute approximate surface area is 154 Å². The smallest absolute Gasteiger partial charge is 0.251 e. The molecule has 1 N–H and O–H groups in total. The second-order valence-corrected chi connectivity index (χ2v) is 7.63. The third-order valence-electron chi connectivity index (χ3n) is 3.90. The summed E-state index contributed by atoms with van der Waals surface area (Å²) < 4.78 is 32.0. The molecule has 26 heavy (non-hydrogen) atoms. The van der Waals surface area contributed by atoms with Gasteiger partial charge < -0.3 is 10.1 Å². The van der Waals surface area contributed by atoms with E-state index in [1.54, 1.807) is 14.0 Å². The molecule has 0 fully saturated rings. The molecular weight excluding hydrogens is 352 g/mol. The van der Waals surface area contributed by atoms with Crippen molar-refractivity contribution >= 4 is 15.9 Å². The van der Waals surface area contributed by atoms with Crippen LogP contribution >= 0.6 is 0 Å². The summed E-state index contributed by atoms with van der Waals surface area (Å²) >= 11 is 0. The van der Waals surface area contributed by atoms with Crippen LogP contribution in [0.2, 0.25) is 0 Å². The number of benzene rings is 2. The lowest BCUT2D eigenvalue weighted by molar-refractivity contribution is 0.0937. The highest BCUT2D eigenvalue weighted by atomic mass is 32.2. The Morgan fingerprint density at radius 1 is 1.08 bits per heavy atom. The average molecular weight is 376 g/mol. The van der Waals surface area contributed by atoms with Crippen molar-refractivity contribution < 1.29 is 17.9 Å². The van der Waals surface area contributed by atoms with Gasteiger partial charge in [0.25, 0.3) is 5.91 Å². The number of hydrogen-bond acceptors (Lipinski definition) is 4. The van der Waals surface area contributed by atoms with Crippen LogP contribution in [0.4, 0.5) is 0 Å². The Morgan fingerprint density at radius 3 is 2.31 bits per heavy atom. The van der Waals surface area contributed by atoms with Crippen molar-refractivity contribution in [1.29, 1.82) is 0 Å². The number of amides is 1. The van der Waals surface area contributed by atoms with Crippen molar-refractivity contribution in [2.75, 3.05) is 26.8 Å². The minimum Gasteiger partial charge on any atom is -0.383 e. The molecule has 0 radical (unpaired) electrons. The van der Waals surface area contributed by atoms with Gasteiger partial charge in [0.2, 0.25) is 10.0 Å². The number of methoxy groups -OCH3 is 1. The van der Waals surface area contributed by atoms with Gasteiger partial charge in [-0.1, -0.05) is 37.3 Å². The van der Waals surface area contributed by atoms with E-state index in [9.17, 15) is 13.2 Å². The Balaban J connectivity index is 2.13. The standard InChI is InChI=1S/C19H24N2O4S/c1-3-21(15-16-7-5-4-6-8-16)26(23,24)18-11-9-17(10-12-18)19(22)20-13-14-25-2/h4-12H,3,13-15H2,1-2H3,(H,20,22). The molecule has 0 aliphatic heterocycles. The van der Waals surface area contributed by atoms with Crippen LogP contribution in [-0.4, -0.2) is 45.4 Å². The van der Waals surface area contributed by atoms with Crippen LogP contribution in [0.25, 0.3) is 0 Å². The summed E-state index contributed by atoms with van der Waals surface area (Å²) in [5.74, 6) is -0.261. The number of carbonyl (C=O) groups excluding carboxylic acids is 1. The van der Waals surface area contributed by atoms with Gasteiger partial charge in [-0.05, 0) is 29.8 Å². The van der Waals surface area contributed by atoms with Gasteiger partial charge in [-0.15, -0.1) is 0 Å². The SMILES string of the molecule is CCN(Cc1ccccc1)S(=O)(=O)c1ccc(C(=O)NCCOC)cc1. The van der Waals surface area contributed by atoms with E-state index in [1.807, 2.05) is 30.3 Å². The summed E-state index contributed by atoms with van der Waals surface area (Å²) in [5.41, 5.74) is 1.33. The van der Waals surface area contributed by atoms with Crippen molar-refractivity contribution in [3.63, 3.8) is 0 Å². The molecule has 0 spiro atoms. The quantitative estimate of drug-likeness (QED) is 0.681. The van der Waals surface area contributed by atoms with E-state index in [-0.39, 0.29) is 10.8 Å². The maximum Gasteiger partial charge on any atom is 0.251 e. The summed E-state index contributed by atoms with van der Waals surface area (Å²) in [4.78, 5) is 12.2. The molecule has 0 heterocycles. The van der Waals surface area contributed by atoms with Gasteiger partial charge in [0.15, 0.2) is 0 Å². The summed E-state index contributed by atoms with van der Waals surface area (Å²) in [7, 11) is -2.07. The third-order valence-corrected chi connectivity index (χ3v) is 5.84. The number of carbonyl (C=O) groups is 1. The molecule has 0 saturated carbocycles. The number of ether oxygens (including phenoxy) is 1. The summed E-state index contributed by atoms with van der Waals surface area (Å²) in [6.07, 6.45) is 0. The lowest BCUT2D eigenvalue weighted by atomic mass is 10.2. The second-order valence-electron chi connectivity index (χ2n) is 5.69. The second kappa shape index (κ2) is 9.47. The van der Waals surface area contributed by atoms with E-state index in [0.717, 1.165) is 5.56 Å². The van der Waals surface area contributed by atoms with Gasteiger partial charge >= 0.3 is 0 Å². The molecule has 6 nitrogen and oxygen atoms in total. The van der Waals surface area contributed by atoms with Crippen molar-refractivity contribution in [1.82, 2.24) is 9.62 Å². The largest absolute Gasteiger partial charge is 0.383 e. The van der Waals surface area contributed by atoms with E-state index in [4.69, 9.17) is 4.74 Å². The first-order valence-electron chi connectivity index (χ1n) is 8.40. The number of nitrogens with zero attached hydrogens (tertiary/aromatic N) is 1. The fourth-order valence-electron chi connectivity index (χ4n) is 2.45. The molecule has 0 bridgehead atoms. The van der Waals surface area contributed by atoms with E-state index >= 15 is 0 Å². The average Bonchev–Trinajstić information content (AvgIpc) is 2.67.